The zero-order valence-corrected chi connectivity index (χ0v) is 19.1. The number of hydrogen-bond acceptors (Lipinski definition) is 4. The number of rotatable bonds is 6. The van der Waals surface area contributed by atoms with Gasteiger partial charge >= 0.3 is 0 Å². The molecule has 0 aliphatic rings. The number of anilines is 1. The van der Waals surface area contributed by atoms with Crippen molar-refractivity contribution in [3.63, 3.8) is 0 Å². The quantitative estimate of drug-likeness (QED) is 0.749. The maximum Gasteiger partial charge on any atom is 0.240 e. The van der Waals surface area contributed by atoms with Crippen LogP contribution in [0.1, 0.15) is 59.2 Å². The van der Waals surface area contributed by atoms with Gasteiger partial charge in [-0.05, 0) is 51.9 Å². The molecule has 160 valence electrons. The molecule has 1 aromatic carbocycles. The Morgan fingerprint density at radius 3 is 2.14 bits per heavy atom. The van der Waals surface area contributed by atoms with Crippen LogP contribution in [0.25, 0.3) is 0 Å². The van der Waals surface area contributed by atoms with Crippen LogP contribution in [0, 0.1) is 0 Å². The summed E-state index contributed by atoms with van der Waals surface area (Å²) in [6.07, 6.45) is 0.805. The average molecular weight is 421 g/mol. The Balaban J connectivity index is 2.09. The van der Waals surface area contributed by atoms with Gasteiger partial charge < -0.3 is 5.32 Å². The van der Waals surface area contributed by atoms with Gasteiger partial charge in [0.1, 0.15) is 5.82 Å². The fraction of sp³-hybridized carbons (Fsp3) is 0.524. The van der Waals surface area contributed by atoms with Crippen molar-refractivity contribution in [2.45, 2.75) is 70.2 Å². The Labute approximate surface area is 173 Å². The van der Waals surface area contributed by atoms with Crippen LogP contribution in [-0.2, 0) is 32.2 Å². The number of amides is 1. The topological polar surface area (TPSA) is 93.1 Å². The first kappa shape index (κ1) is 23.1. The van der Waals surface area contributed by atoms with Gasteiger partial charge in [-0.3, -0.25) is 4.79 Å². The van der Waals surface area contributed by atoms with Crippen molar-refractivity contribution in [3.8, 4) is 0 Å². The van der Waals surface area contributed by atoms with E-state index >= 15 is 0 Å². The number of nitrogens with one attached hydrogen (secondary N) is 2. The van der Waals surface area contributed by atoms with Crippen LogP contribution in [0.5, 0.6) is 0 Å². The van der Waals surface area contributed by atoms with Crippen LogP contribution in [0.3, 0.4) is 0 Å². The molecule has 1 amide bonds. The molecule has 0 saturated heterocycles. The first-order valence-electron chi connectivity index (χ1n) is 9.67. The summed E-state index contributed by atoms with van der Waals surface area (Å²) >= 11 is 0. The van der Waals surface area contributed by atoms with Crippen LogP contribution in [0.2, 0.25) is 0 Å². The van der Waals surface area contributed by atoms with Crippen LogP contribution in [-0.4, -0.2) is 31.2 Å². The molecule has 0 aliphatic heterocycles. The number of benzene rings is 1. The number of sulfonamides is 1. The molecule has 0 atom stereocenters. The zero-order valence-electron chi connectivity index (χ0n) is 18.3. The van der Waals surface area contributed by atoms with Crippen molar-refractivity contribution in [1.29, 1.82) is 0 Å². The lowest BCUT2D eigenvalue weighted by Crippen LogP contribution is -2.27. The van der Waals surface area contributed by atoms with E-state index in [9.17, 15) is 13.2 Å². The third-order valence-electron chi connectivity index (χ3n) is 4.52. The van der Waals surface area contributed by atoms with E-state index in [1.54, 1.807) is 24.3 Å². The van der Waals surface area contributed by atoms with Gasteiger partial charge in [-0.2, -0.15) is 5.10 Å². The van der Waals surface area contributed by atoms with Gasteiger partial charge in [-0.25, -0.2) is 17.8 Å². The molecule has 0 saturated carbocycles. The summed E-state index contributed by atoms with van der Waals surface area (Å²) in [6, 6.07) is 8.48. The molecule has 7 nitrogen and oxygen atoms in total. The maximum atomic E-state index is 12.5. The maximum absolute atomic E-state index is 12.5. The second-order valence-electron chi connectivity index (χ2n) is 9.15. The third kappa shape index (κ3) is 5.90. The summed E-state index contributed by atoms with van der Waals surface area (Å²) in [6.45, 7) is 12.4. The Bertz CT molecular complexity index is 963. The van der Waals surface area contributed by atoms with Gasteiger partial charge in [0.25, 0.3) is 0 Å². The largest absolute Gasteiger partial charge is 0.311 e. The first-order valence-corrected chi connectivity index (χ1v) is 11.2. The van der Waals surface area contributed by atoms with Crippen LogP contribution < -0.4 is 10.0 Å². The first-order chi connectivity index (χ1) is 13.2. The highest BCUT2D eigenvalue weighted by Gasteiger charge is 2.25. The van der Waals surface area contributed by atoms with Crippen molar-refractivity contribution >= 4 is 21.7 Å². The number of aryl methyl sites for hydroxylation is 1. The predicted octanol–water partition coefficient (Wildman–Crippen LogP) is 3.42. The number of nitrogens with zero attached hydrogens (tertiary/aromatic N) is 2. The molecule has 1 aromatic heterocycles. The minimum Gasteiger partial charge on any atom is -0.311 e. The molecule has 8 heteroatoms. The van der Waals surface area contributed by atoms with Crippen molar-refractivity contribution in [2.24, 2.45) is 0 Å². The van der Waals surface area contributed by atoms with Crippen LogP contribution in [0.4, 0.5) is 5.82 Å². The van der Waals surface area contributed by atoms with Gasteiger partial charge in [-0.15, -0.1) is 0 Å². The second-order valence-corrected chi connectivity index (χ2v) is 11.0. The van der Waals surface area contributed by atoms with E-state index < -0.39 is 10.0 Å². The Hall–Kier alpha value is -2.19. The molecule has 0 spiro atoms. The molecule has 0 radical (unpaired) electrons. The van der Waals surface area contributed by atoms with E-state index in [0.29, 0.717) is 12.2 Å². The second kappa shape index (κ2) is 8.28. The van der Waals surface area contributed by atoms with Gasteiger partial charge in [-0.1, -0.05) is 32.9 Å². The van der Waals surface area contributed by atoms with Gasteiger partial charge in [0, 0.05) is 17.9 Å². The van der Waals surface area contributed by atoms with Crippen molar-refractivity contribution in [2.75, 3.05) is 12.4 Å². The summed E-state index contributed by atoms with van der Waals surface area (Å²) in [5.74, 6) is 0.575. The lowest BCUT2D eigenvalue weighted by atomic mass is 9.92. The molecule has 2 N–H and O–H groups in total. The van der Waals surface area contributed by atoms with Crippen LogP contribution >= 0.6 is 0 Å². The number of carbonyl (C=O) groups excluding carboxylic acids is 1. The number of aromatic nitrogens is 2. The standard InChI is InChI=1S/C21H32N4O3S/c1-20(2,3)17-14-18(25(24-17)21(4,5)6)23-19(26)13-10-15-8-11-16(12-9-15)29(27,28)22-7/h8-9,11-12,14,22H,10,13H2,1-7H3,(H,23,26). The summed E-state index contributed by atoms with van der Waals surface area (Å²) < 4.78 is 27.7. The highest BCUT2D eigenvalue weighted by molar-refractivity contribution is 7.89. The van der Waals surface area contributed by atoms with Crippen molar-refractivity contribution in [1.82, 2.24) is 14.5 Å². The molecule has 1 heterocycles. The van der Waals surface area contributed by atoms with E-state index in [2.05, 4.69) is 30.8 Å². The summed E-state index contributed by atoms with van der Waals surface area (Å²) in [7, 11) is -2.08. The minimum atomic E-state index is -3.45. The van der Waals surface area contributed by atoms with Crippen LogP contribution in [0.15, 0.2) is 35.2 Å². The molecule has 0 aliphatic carbocycles. The van der Waals surface area contributed by atoms with Gasteiger partial charge in [0.15, 0.2) is 0 Å². The molecule has 2 aromatic rings. The molecular formula is C21H32N4O3S. The average Bonchev–Trinajstić information content (AvgIpc) is 3.05. The normalized spacial score (nSPS) is 12.8. The van der Waals surface area contributed by atoms with Gasteiger partial charge in [0.05, 0.1) is 16.1 Å². The highest BCUT2D eigenvalue weighted by Crippen LogP contribution is 2.28. The Morgan fingerprint density at radius 1 is 1.07 bits per heavy atom. The van der Waals surface area contributed by atoms with E-state index in [0.717, 1.165) is 11.3 Å². The smallest absolute Gasteiger partial charge is 0.240 e. The molecule has 2 rings (SSSR count). The predicted molar refractivity (Wildman–Crippen MR) is 116 cm³/mol. The summed E-state index contributed by atoms with van der Waals surface area (Å²) in [5, 5.41) is 7.68. The van der Waals surface area contributed by atoms with Crippen molar-refractivity contribution < 1.29 is 13.2 Å². The minimum absolute atomic E-state index is 0.109. The Kier molecular flexibility index (Phi) is 6.59. The monoisotopic (exact) mass is 420 g/mol. The van der Waals surface area contributed by atoms with E-state index in [1.807, 2.05) is 31.5 Å². The lowest BCUT2D eigenvalue weighted by molar-refractivity contribution is -0.116. The number of carbonyl (C=O) groups is 1. The molecule has 0 unspecified atom stereocenters. The SMILES string of the molecule is CNS(=O)(=O)c1ccc(CCC(=O)Nc2cc(C(C)(C)C)nn2C(C)(C)C)cc1. The fourth-order valence-electron chi connectivity index (χ4n) is 2.76. The molecule has 29 heavy (non-hydrogen) atoms. The summed E-state index contributed by atoms with van der Waals surface area (Å²) in [5.41, 5.74) is 1.44. The molecular weight excluding hydrogens is 388 g/mol. The van der Waals surface area contributed by atoms with E-state index in [-0.39, 0.29) is 28.2 Å². The fourth-order valence-corrected chi connectivity index (χ4v) is 3.49. The van der Waals surface area contributed by atoms with Gasteiger partial charge in [0.2, 0.25) is 15.9 Å². The Morgan fingerprint density at radius 2 is 1.66 bits per heavy atom. The van der Waals surface area contributed by atoms with Crippen molar-refractivity contribution in [3.05, 3.63) is 41.6 Å². The zero-order chi connectivity index (χ0) is 22.0. The third-order valence-corrected chi connectivity index (χ3v) is 5.95. The molecule has 0 bridgehead atoms. The highest BCUT2D eigenvalue weighted by atomic mass is 32.2. The summed E-state index contributed by atoms with van der Waals surface area (Å²) in [4.78, 5) is 12.7. The molecule has 0 fully saturated rings. The van der Waals surface area contributed by atoms with E-state index in [4.69, 9.17) is 5.10 Å². The number of hydrogen-bond donors (Lipinski definition) is 2. The van der Waals surface area contributed by atoms with E-state index in [1.165, 1.54) is 7.05 Å². The lowest BCUT2D eigenvalue weighted by Gasteiger charge is -2.23.